The maximum absolute atomic E-state index is 11.2. The molecule has 2 aromatic rings. The summed E-state index contributed by atoms with van der Waals surface area (Å²) in [6, 6.07) is 7.65. The monoisotopic (exact) mass is 456 g/mol. The Morgan fingerprint density at radius 3 is 1.93 bits per heavy atom. The molecule has 1 radical (unpaired) electrons. The van der Waals surface area contributed by atoms with Crippen LogP contribution < -0.4 is 4.74 Å². The number of allylic oxidation sites excluding steroid dienone is 1. The van der Waals surface area contributed by atoms with Crippen LogP contribution in [0.25, 0.3) is 5.57 Å². The smallest absolute Gasteiger partial charge is 0.126 e. The van der Waals surface area contributed by atoms with Gasteiger partial charge in [-0.15, -0.1) is 17.2 Å². The second kappa shape index (κ2) is 12.9. The normalized spacial score (nSPS) is 10.4. The molecule has 3 nitrogen and oxygen atoms in total. The van der Waals surface area contributed by atoms with E-state index in [9.17, 15) is 4.79 Å². The second-order valence-electron chi connectivity index (χ2n) is 6.27. The Kier molecular flexibility index (Phi) is 12.2. The van der Waals surface area contributed by atoms with Crippen molar-refractivity contribution in [2.75, 3.05) is 7.11 Å². The maximum Gasteiger partial charge on any atom is 0.126 e. The fourth-order valence-corrected chi connectivity index (χ4v) is 3.00. The predicted molar refractivity (Wildman–Crippen MR) is 113 cm³/mol. The first kappa shape index (κ1) is 26.6. The molecule has 0 amide bonds. The van der Waals surface area contributed by atoms with Crippen LogP contribution in [0.3, 0.4) is 0 Å². The summed E-state index contributed by atoms with van der Waals surface area (Å²) in [6.45, 7) is 14.9. The molecule has 2 aromatic carbocycles. The zero-order valence-corrected chi connectivity index (χ0v) is 21.2. The van der Waals surface area contributed by atoms with E-state index in [2.05, 4.69) is 34.6 Å². The molecule has 0 saturated heterocycles. The van der Waals surface area contributed by atoms with Gasteiger partial charge in [0.25, 0.3) is 0 Å². The molecule has 0 aromatic heterocycles. The first-order valence-corrected chi connectivity index (χ1v) is 9.31. The summed E-state index contributed by atoms with van der Waals surface area (Å²) in [5, 5.41) is 0. The van der Waals surface area contributed by atoms with Gasteiger partial charge in [-0.2, -0.15) is 0 Å². The van der Waals surface area contributed by atoms with Gasteiger partial charge in [-0.25, -0.2) is 0 Å². The maximum atomic E-state index is 11.2. The molecule has 28 heavy (non-hydrogen) atoms. The van der Waals surface area contributed by atoms with Gasteiger partial charge in [0.2, 0.25) is 0 Å². The van der Waals surface area contributed by atoms with Crippen LogP contribution in [-0.2, 0) is 48.8 Å². The van der Waals surface area contributed by atoms with E-state index in [1.165, 1.54) is 30.1 Å². The SMILES string of the molecule is CC.CO/C=C(/[C-]=O)c1ccccc1COc1c(C)c(C)c(C)c(C)c1C.[Y]. The van der Waals surface area contributed by atoms with Gasteiger partial charge < -0.3 is 14.3 Å². The zero-order valence-electron chi connectivity index (χ0n) is 18.4. The summed E-state index contributed by atoms with van der Waals surface area (Å²) in [5.74, 6) is 0.919. The van der Waals surface area contributed by atoms with Gasteiger partial charge in [0.1, 0.15) is 12.4 Å². The third-order valence-electron chi connectivity index (χ3n) is 4.96. The molecule has 0 heterocycles. The molecule has 4 heteroatoms. The Morgan fingerprint density at radius 1 is 0.929 bits per heavy atom. The van der Waals surface area contributed by atoms with Crippen LogP contribution >= 0.6 is 0 Å². The van der Waals surface area contributed by atoms with E-state index >= 15 is 0 Å². The number of hydrogen-bond donors (Lipinski definition) is 0. The van der Waals surface area contributed by atoms with Gasteiger partial charge in [0.15, 0.2) is 0 Å². The topological polar surface area (TPSA) is 35.5 Å². The first-order valence-electron chi connectivity index (χ1n) is 9.31. The van der Waals surface area contributed by atoms with E-state index in [0.717, 1.165) is 28.0 Å². The zero-order chi connectivity index (χ0) is 20.6. The van der Waals surface area contributed by atoms with Crippen LogP contribution in [0, 0.1) is 34.6 Å². The summed E-state index contributed by atoms with van der Waals surface area (Å²) in [7, 11) is 1.51. The Hall–Kier alpha value is -1.45. The van der Waals surface area contributed by atoms with Crippen LogP contribution in [-0.4, -0.2) is 13.4 Å². The number of benzene rings is 2. The molecule has 2 rings (SSSR count). The molecular weight excluding hydrogens is 425 g/mol. The molecule has 0 fully saturated rings. The van der Waals surface area contributed by atoms with E-state index < -0.39 is 0 Å². The molecule has 0 aliphatic carbocycles. The van der Waals surface area contributed by atoms with Crippen LogP contribution in [0.2, 0.25) is 0 Å². The largest absolute Gasteiger partial charge is 0.561 e. The minimum Gasteiger partial charge on any atom is -0.561 e. The third kappa shape index (κ3) is 6.02. The fourth-order valence-electron chi connectivity index (χ4n) is 3.00. The van der Waals surface area contributed by atoms with Crippen LogP contribution in [0.1, 0.15) is 52.8 Å². The number of hydrogen-bond acceptors (Lipinski definition) is 3. The first-order chi connectivity index (χ1) is 12.9. The van der Waals surface area contributed by atoms with Gasteiger partial charge in [0, 0.05) is 32.7 Å². The van der Waals surface area contributed by atoms with Crippen LogP contribution in [0.15, 0.2) is 30.5 Å². The molecule has 0 aliphatic heterocycles. The van der Waals surface area contributed by atoms with Crippen LogP contribution in [0.5, 0.6) is 5.75 Å². The van der Waals surface area contributed by atoms with Gasteiger partial charge in [0.05, 0.1) is 13.4 Å². The van der Waals surface area contributed by atoms with Crippen molar-refractivity contribution < 1.29 is 47.0 Å². The van der Waals surface area contributed by atoms with Crippen LogP contribution in [0.4, 0.5) is 0 Å². The number of ether oxygens (including phenoxy) is 2. The van der Waals surface area contributed by atoms with Crippen molar-refractivity contribution >= 4 is 11.9 Å². The average Bonchev–Trinajstić information content (AvgIpc) is 2.71. The van der Waals surface area contributed by atoms with Crippen molar-refractivity contribution in [3.05, 3.63) is 69.5 Å². The standard InChI is InChI=1S/C22H25O3.C2H6.Y/c1-14-15(2)17(4)22(18(5)16(14)3)25-13-19-9-7-8-10-21(19)20(11-23)12-24-6;1-2;/h7-10,12H,13H2,1-6H3;1-2H3;/q-1;;/b20-12-;;. The third-order valence-corrected chi connectivity index (χ3v) is 4.96. The summed E-state index contributed by atoms with van der Waals surface area (Å²) < 4.78 is 11.2. The summed E-state index contributed by atoms with van der Waals surface area (Å²) >= 11 is 0. The van der Waals surface area contributed by atoms with Gasteiger partial charge in [-0.3, -0.25) is 0 Å². The van der Waals surface area contributed by atoms with Gasteiger partial charge in [-0.05, 0) is 68.7 Å². The van der Waals surface area contributed by atoms with Crippen molar-refractivity contribution in [2.45, 2.75) is 55.1 Å². The van der Waals surface area contributed by atoms with Crippen molar-refractivity contribution in [1.82, 2.24) is 0 Å². The molecular formula is C24H31O3Y-. The Bertz CT molecular complexity index is 794. The molecule has 0 aliphatic rings. The van der Waals surface area contributed by atoms with Crippen molar-refractivity contribution in [3.8, 4) is 5.75 Å². The molecule has 0 spiro atoms. The number of carbonyl (C=O) groups excluding carboxylic acids is 1. The minimum absolute atomic E-state index is 0. The predicted octanol–water partition coefficient (Wildman–Crippen LogP) is 5.93. The minimum atomic E-state index is 0. The molecule has 0 unspecified atom stereocenters. The van der Waals surface area contributed by atoms with E-state index in [4.69, 9.17) is 9.47 Å². The second-order valence-corrected chi connectivity index (χ2v) is 6.27. The number of methoxy groups -OCH3 is 1. The molecule has 149 valence electrons. The average molecular weight is 456 g/mol. The Morgan fingerprint density at radius 2 is 1.43 bits per heavy atom. The van der Waals surface area contributed by atoms with Gasteiger partial charge >= 0.3 is 0 Å². The summed E-state index contributed by atoms with van der Waals surface area (Å²) in [4.78, 5) is 11.2. The summed E-state index contributed by atoms with van der Waals surface area (Å²) in [5.41, 5.74) is 8.22. The fraction of sp³-hybridized carbons (Fsp3) is 0.375. The molecule has 0 bridgehead atoms. The van der Waals surface area contributed by atoms with E-state index in [-0.39, 0.29) is 32.7 Å². The van der Waals surface area contributed by atoms with E-state index in [0.29, 0.717) is 12.2 Å². The van der Waals surface area contributed by atoms with Gasteiger partial charge in [-0.1, -0.05) is 37.6 Å². The number of rotatable bonds is 6. The van der Waals surface area contributed by atoms with Crippen molar-refractivity contribution in [3.63, 3.8) is 0 Å². The summed E-state index contributed by atoms with van der Waals surface area (Å²) in [6.07, 6.45) is 3.34. The van der Waals surface area contributed by atoms with E-state index in [1.54, 1.807) is 0 Å². The Balaban J connectivity index is 0.00000235. The molecule has 0 saturated carbocycles. The van der Waals surface area contributed by atoms with E-state index in [1.807, 2.05) is 44.4 Å². The molecule has 0 N–H and O–H groups in total. The molecule has 0 atom stereocenters. The Labute approximate surface area is 195 Å². The van der Waals surface area contributed by atoms with Crippen molar-refractivity contribution in [2.24, 2.45) is 0 Å². The van der Waals surface area contributed by atoms with Crippen molar-refractivity contribution in [1.29, 1.82) is 0 Å². The quantitative estimate of drug-likeness (QED) is 0.307.